The number of anilines is 4. The molecule has 0 aliphatic heterocycles. The highest BCUT2D eigenvalue weighted by Gasteiger charge is 2.10. The third-order valence-corrected chi connectivity index (χ3v) is 2.94. The SMILES string of the molecule is CN(C)c1cccc(NC(=O)c2ccc(N)cc2N)c1. The van der Waals surface area contributed by atoms with Crippen LogP contribution in [-0.4, -0.2) is 20.0 Å². The summed E-state index contributed by atoms with van der Waals surface area (Å²) in [4.78, 5) is 14.1. The van der Waals surface area contributed by atoms with Crippen LogP contribution in [0.5, 0.6) is 0 Å². The molecule has 5 nitrogen and oxygen atoms in total. The lowest BCUT2D eigenvalue weighted by atomic mass is 10.1. The van der Waals surface area contributed by atoms with Crippen molar-refractivity contribution in [3.63, 3.8) is 0 Å². The number of nitrogen functional groups attached to an aromatic ring is 2. The quantitative estimate of drug-likeness (QED) is 0.746. The van der Waals surface area contributed by atoms with Gasteiger partial charge >= 0.3 is 0 Å². The maximum absolute atomic E-state index is 12.2. The van der Waals surface area contributed by atoms with E-state index in [1.54, 1.807) is 18.2 Å². The molecule has 2 aromatic carbocycles. The monoisotopic (exact) mass is 270 g/mol. The van der Waals surface area contributed by atoms with E-state index in [9.17, 15) is 4.79 Å². The van der Waals surface area contributed by atoms with Crippen molar-refractivity contribution >= 4 is 28.7 Å². The largest absolute Gasteiger partial charge is 0.399 e. The van der Waals surface area contributed by atoms with E-state index in [1.165, 1.54) is 0 Å². The molecule has 5 heteroatoms. The molecule has 0 aromatic heterocycles. The summed E-state index contributed by atoms with van der Waals surface area (Å²) in [6.45, 7) is 0. The number of hydrogen-bond donors (Lipinski definition) is 3. The highest BCUT2D eigenvalue weighted by Crippen LogP contribution is 2.20. The zero-order valence-corrected chi connectivity index (χ0v) is 11.6. The predicted molar refractivity (Wildman–Crippen MR) is 84.0 cm³/mol. The van der Waals surface area contributed by atoms with Gasteiger partial charge in [0.1, 0.15) is 0 Å². The minimum Gasteiger partial charge on any atom is -0.399 e. The molecule has 2 rings (SSSR count). The molecule has 1 amide bonds. The Labute approximate surface area is 118 Å². The van der Waals surface area contributed by atoms with Crippen LogP contribution in [0.2, 0.25) is 0 Å². The lowest BCUT2D eigenvalue weighted by Crippen LogP contribution is -2.15. The number of hydrogen-bond acceptors (Lipinski definition) is 4. The van der Waals surface area contributed by atoms with Crippen molar-refractivity contribution in [3.05, 3.63) is 48.0 Å². The molecule has 0 saturated heterocycles. The van der Waals surface area contributed by atoms with E-state index in [0.717, 1.165) is 11.4 Å². The number of amides is 1. The number of benzene rings is 2. The van der Waals surface area contributed by atoms with Gasteiger partial charge in [-0.2, -0.15) is 0 Å². The van der Waals surface area contributed by atoms with Crippen molar-refractivity contribution < 1.29 is 4.79 Å². The molecule has 0 spiro atoms. The van der Waals surface area contributed by atoms with E-state index < -0.39 is 0 Å². The minimum atomic E-state index is -0.251. The molecule has 20 heavy (non-hydrogen) atoms. The summed E-state index contributed by atoms with van der Waals surface area (Å²) in [6, 6.07) is 12.4. The average molecular weight is 270 g/mol. The van der Waals surface area contributed by atoms with Crippen molar-refractivity contribution in [3.8, 4) is 0 Å². The molecule has 0 atom stereocenters. The van der Waals surface area contributed by atoms with Crippen molar-refractivity contribution in [2.45, 2.75) is 0 Å². The number of carbonyl (C=O) groups is 1. The Morgan fingerprint density at radius 2 is 1.85 bits per heavy atom. The van der Waals surface area contributed by atoms with Gasteiger partial charge in [-0.1, -0.05) is 6.07 Å². The first kappa shape index (κ1) is 13.7. The van der Waals surface area contributed by atoms with Crippen molar-refractivity contribution in [2.75, 3.05) is 35.8 Å². The van der Waals surface area contributed by atoms with Gasteiger partial charge in [-0.15, -0.1) is 0 Å². The topological polar surface area (TPSA) is 84.4 Å². The van der Waals surface area contributed by atoms with E-state index in [1.807, 2.05) is 43.3 Å². The first-order valence-electron chi connectivity index (χ1n) is 6.21. The summed E-state index contributed by atoms with van der Waals surface area (Å²) in [5.41, 5.74) is 14.5. The molecule has 104 valence electrons. The molecule has 5 N–H and O–H groups in total. The molecular weight excluding hydrogens is 252 g/mol. The van der Waals surface area contributed by atoms with Gasteiger partial charge in [-0.25, -0.2) is 0 Å². The molecule has 0 radical (unpaired) electrons. The third kappa shape index (κ3) is 3.00. The Bertz CT molecular complexity index is 638. The summed E-state index contributed by atoms with van der Waals surface area (Å²) in [5, 5.41) is 2.83. The Kier molecular flexibility index (Phi) is 3.79. The molecule has 0 aliphatic carbocycles. The van der Waals surface area contributed by atoms with Crippen LogP contribution in [0.25, 0.3) is 0 Å². The van der Waals surface area contributed by atoms with Crippen LogP contribution in [0.4, 0.5) is 22.7 Å². The number of nitrogens with two attached hydrogens (primary N) is 2. The fourth-order valence-electron chi connectivity index (χ4n) is 1.85. The van der Waals surface area contributed by atoms with Gasteiger partial charge in [0.2, 0.25) is 0 Å². The molecule has 0 unspecified atom stereocenters. The van der Waals surface area contributed by atoms with Crippen molar-refractivity contribution in [1.29, 1.82) is 0 Å². The zero-order valence-electron chi connectivity index (χ0n) is 11.6. The number of nitrogens with one attached hydrogen (secondary N) is 1. The van der Waals surface area contributed by atoms with Gasteiger partial charge < -0.3 is 21.7 Å². The van der Waals surface area contributed by atoms with Gasteiger partial charge in [0, 0.05) is 36.8 Å². The molecular formula is C15H18N4O. The van der Waals surface area contributed by atoms with Gasteiger partial charge in [0.25, 0.3) is 5.91 Å². The van der Waals surface area contributed by atoms with E-state index >= 15 is 0 Å². The standard InChI is InChI=1S/C15H18N4O/c1-19(2)12-5-3-4-11(9-12)18-15(20)13-7-6-10(16)8-14(13)17/h3-9H,16-17H2,1-2H3,(H,18,20). The van der Waals surface area contributed by atoms with Crippen molar-refractivity contribution in [2.24, 2.45) is 0 Å². The second-order valence-corrected chi connectivity index (χ2v) is 4.75. The van der Waals surface area contributed by atoms with Gasteiger partial charge in [0.15, 0.2) is 0 Å². The van der Waals surface area contributed by atoms with E-state index in [2.05, 4.69) is 5.32 Å². The maximum Gasteiger partial charge on any atom is 0.257 e. The van der Waals surface area contributed by atoms with E-state index in [-0.39, 0.29) is 5.91 Å². The number of carbonyl (C=O) groups excluding carboxylic acids is 1. The Morgan fingerprint density at radius 3 is 2.50 bits per heavy atom. The smallest absolute Gasteiger partial charge is 0.257 e. The first-order valence-corrected chi connectivity index (χ1v) is 6.21. The summed E-state index contributed by atoms with van der Waals surface area (Å²) in [6.07, 6.45) is 0. The minimum absolute atomic E-state index is 0.251. The second-order valence-electron chi connectivity index (χ2n) is 4.75. The van der Waals surface area contributed by atoms with Crippen LogP contribution < -0.4 is 21.7 Å². The molecule has 0 fully saturated rings. The molecule has 0 aliphatic rings. The van der Waals surface area contributed by atoms with Crippen LogP contribution in [-0.2, 0) is 0 Å². The molecule has 0 saturated carbocycles. The van der Waals surface area contributed by atoms with Gasteiger partial charge in [0.05, 0.1) is 5.56 Å². The molecule has 0 bridgehead atoms. The predicted octanol–water partition coefficient (Wildman–Crippen LogP) is 2.17. The Hall–Kier alpha value is -2.69. The average Bonchev–Trinajstić information content (AvgIpc) is 2.38. The Balaban J connectivity index is 2.21. The third-order valence-electron chi connectivity index (χ3n) is 2.94. The van der Waals surface area contributed by atoms with Crippen LogP contribution in [0.15, 0.2) is 42.5 Å². The second kappa shape index (κ2) is 5.52. The number of rotatable bonds is 3. The first-order chi connectivity index (χ1) is 9.47. The number of nitrogens with zero attached hydrogens (tertiary/aromatic N) is 1. The van der Waals surface area contributed by atoms with Crippen molar-refractivity contribution in [1.82, 2.24) is 0 Å². The highest BCUT2D eigenvalue weighted by atomic mass is 16.1. The fraction of sp³-hybridized carbons (Fsp3) is 0.133. The summed E-state index contributed by atoms with van der Waals surface area (Å²) in [7, 11) is 3.89. The Morgan fingerprint density at radius 1 is 1.10 bits per heavy atom. The normalized spacial score (nSPS) is 10.1. The lowest BCUT2D eigenvalue weighted by Gasteiger charge is -2.14. The summed E-state index contributed by atoms with van der Waals surface area (Å²) >= 11 is 0. The lowest BCUT2D eigenvalue weighted by molar-refractivity contribution is 0.102. The zero-order chi connectivity index (χ0) is 14.7. The maximum atomic E-state index is 12.2. The van der Waals surface area contributed by atoms with Crippen LogP contribution >= 0.6 is 0 Å². The molecule has 2 aromatic rings. The summed E-state index contributed by atoms with van der Waals surface area (Å²) in [5.74, 6) is -0.251. The fourth-order valence-corrected chi connectivity index (χ4v) is 1.85. The van der Waals surface area contributed by atoms with E-state index in [4.69, 9.17) is 11.5 Å². The van der Waals surface area contributed by atoms with Gasteiger partial charge in [-0.3, -0.25) is 4.79 Å². The van der Waals surface area contributed by atoms with Gasteiger partial charge in [-0.05, 0) is 36.4 Å². The van der Waals surface area contributed by atoms with E-state index in [0.29, 0.717) is 16.9 Å². The molecule has 0 heterocycles. The summed E-state index contributed by atoms with van der Waals surface area (Å²) < 4.78 is 0. The van der Waals surface area contributed by atoms with Crippen LogP contribution in [0.1, 0.15) is 10.4 Å². The highest BCUT2D eigenvalue weighted by molar-refractivity contribution is 6.08. The van der Waals surface area contributed by atoms with Crippen LogP contribution in [0, 0.1) is 0 Å². The van der Waals surface area contributed by atoms with Crippen LogP contribution in [0.3, 0.4) is 0 Å².